The minimum Gasteiger partial charge on any atom is -0.507 e. The molecule has 3 nitrogen and oxygen atoms in total. The van der Waals surface area contributed by atoms with Crippen LogP contribution in [0.5, 0.6) is 5.75 Å². The van der Waals surface area contributed by atoms with E-state index in [1.54, 1.807) is 0 Å². The number of rotatable bonds is 2. The Morgan fingerprint density at radius 1 is 1.31 bits per heavy atom. The van der Waals surface area contributed by atoms with Crippen LogP contribution in [0, 0.1) is 0 Å². The molecule has 1 rings (SSSR count). The number of aromatic carboxylic acids is 1. The van der Waals surface area contributed by atoms with Gasteiger partial charge in [0.1, 0.15) is 16.7 Å². The standard InChI is InChI=1S/C9H6Cl4O3/c10-7(9(11,12)13)4-1-2-5(8(15)16)6(14)3-4/h1-3,7,14H,(H,15,16)/t7-/m1/s1. The summed E-state index contributed by atoms with van der Waals surface area (Å²) in [5, 5.41) is 17.1. The van der Waals surface area contributed by atoms with Crippen LogP contribution < -0.4 is 0 Å². The van der Waals surface area contributed by atoms with Crippen LogP contribution in [0.4, 0.5) is 0 Å². The van der Waals surface area contributed by atoms with E-state index in [0.29, 0.717) is 5.56 Å². The molecule has 1 aromatic carbocycles. The Bertz CT molecular complexity index is 414. The highest BCUT2D eigenvalue weighted by molar-refractivity contribution is 6.70. The van der Waals surface area contributed by atoms with Crippen LogP contribution in [0.1, 0.15) is 21.3 Å². The van der Waals surface area contributed by atoms with Crippen LogP contribution in [0.25, 0.3) is 0 Å². The molecule has 0 aliphatic carbocycles. The highest BCUT2D eigenvalue weighted by Crippen LogP contribution is 2.44. The van der Waals surface area contributed by atoms with E-state index >= 15 is 0 Å². The molecule has 0 saturated heterocycles. The Morgan fingerprint density at radius 2 is 1.88 bits per heavy atom. The number of hydrogen-bond donors (Lipinski definition) is 2. The van der Waals surface area contributed by atoms with Gasteiger partial charge in [0.2, 0.25) is 3.79 Å². The summed E-state index contributed by atoms with van der Waals surface area (Å²) in [6, 6.07) is 3.73. The Balaban J connectivity index is 3.11. The maximum atomic E-state index is 10.6. The van der Waals surface area contributed by atoms with Gasteiger partial charge in [-0.3, -0.25) is 0 Å². The van der Waals surface area contributed by atoms with Crippen molar-refractivity contribution < 1.29 is 15.0 Å². The van der Waals surface area contributed by atoms with Crippen molar-refractivity contribution in [2.24, 2.45) is 0 Å². The van der Waals surface area contributed by atoms with Crippen molar-refractivity contribution in [1.82, 2.24) is 0 Å². The van der Waals surface area contributed by atoms with Crippen molar-refractivity contribution in [3.63, 3.8) is 0 Å². The Morgan fingerprint density at radius 3 is 2.25 bits per heavy atom. The fourth-order valence-corrected chi connectivity index (χ4v) is 1.59. The van der Waals surface area contributed by atoms with E-state index in [0.717, 1.165) is 6.07 Å². The van der Waals surface area contributed by atoms with E-state index in [2.05, 4.69) is 0 Å². The van der Waals surface area contributed by atoms with Gasteiger partial charge in [-0.15, -0.1) is 11.6 Å². The lowest BCUT2D eigenvalue weighted by molar-refractivity contribution is 0.0693. The summed E-state index contributed by atoms with van der Waals surface area (Å²) in [5.74, 6) is -1.67. The number of aromatic hydroxyl groups is 1. The van der Waals surface area contributed by atoms with Gasteiger partial charge in [-0.1, -0.05) is 40.9 Å². The summed E-state index contributed by atoms with van der Waals surface area (Å²) in [6.07, 6.45) is 0. The van der Waals surface area contributed by atoms with E-state index in [-0.39, 0.29) is 5.56 Å². The third-order valence-corrected chi connectivity index (χ3v) is 3.40. The van der Waals surface area contributed by atoms with Gasteiger partial charge in [-0.25, -0.2) is 4.79 Å². The third kappa shape index (κ3) is 3.08. The lowest BCUT2D eigenvalue weighted by Crippen LogP contribution is -2.11. The van der Waals surface area contributed by atoms with Gasteiger partial charge in [0, 0.05) is 0 Å². The van der Waals surface area contributed by atoms with Crippen molar-refractivity contribution in [2.45, 2.75) is 9.17 Å². The predicted molar refractivity (Wildman–Crippen MR) is 64.0 cm³/mol. The fraction of sp³-hybridized carbons (Fsp3) is 0.222. The molecule has 2 N–H and O–H groups in total. The maximum Gasteiger partial charge on any atom is 0.339 e. The number of alkyl halides is 4. The molecule has 7 heteroatoms. The number of carboxylic acids is 1. The molecule has 16 heavy (non-hydrogen) atoms. The van der Waals surface area contributed by atoms with Gasteiger partial charge in [0.15, 0.2) is 0 Å². The lowest BCUT2D eigenvalue weighted by atomic mass is 10.1. The SMILES string of the molecule is O=C(O)c1ccc([C@@H](Cl)C(Cl)(Cl)Cl)cc1O. The maximum absolute atomic E-state index is 10.6. The summed E-state index contributed by atoms with van der Waals surface area (Å²) in [4.78, 5) is 10.6. The van der Waals surface area contributed by atoms with Crippen LogP contribution in [-0.4, -0.2) is 20.0 Å². The lowest BCUT2D eigenvalue weighted by Gasteiger charge is -2.18. The van der Waals surface area contributed by atoms with Gasteiger partial charge in [-0.2, -0.15) is 0 Å². The average Bonchev–Trinajstić information content (AvgIpc) is 2.14. The van der Waals surface area contributed by atoms with E-state index in [1.165, 1.54) is 12.1 Å². The molecule has 0 spiro atoms. The van der Waals surface area contributed by atoms with Crippen molar-refractivity contribution in [2.75, 3.05) is 0 Å². The van der Waals surface area contributed by atoms with Gasteiger partial charge in [-0.05, 0) is 17.7 Å². The smallest absolute Gasteiger partial charge is 0.339 e. The first kappa shape index (κ1) is 13.7. The third-order valence-electron chi connectivity index (χ3n) is 1.83. The topological polar surface area (TPSA) is 57.5 Å². The van der Waals surface area contributed by atoms with E-state index in [9.17, 15) is 9.90 Å². The van der Waals surface area contributed by atoms with Crippen molar-refractivity contribution in [3.8, 4) is 5.75 Å². The summed E-state index contributed by atoms with van der Waals surface area (Å²) in [6.45, 7) is 0. The molecule has 0 aliphatic rings. The van der Waals surface area contributed by atoms with Crippen LogP contribution in [0.3, 0.4) is 0 Å². The number of halogens is 4. The highest BCUT2D eigenvalue weighted by atomic mass is 35.6. The molecule has 0 amide bonds. The van der Waals surface area contributed by atoms with Crippen LogP contribution >= 0.6 is 46.4 Å². The average molecular weight is 304 g/mol. The predicted octanol–water partition coefficient (Wildman–Crippen LogP) is 3.74. The molecule has 0 aromatic heterocycles. The van der Waals surface area contributed by atoms with E-state index in [1.807, 2.05) is 0 Å². The number of benzene rings is 1. The first-order valence-electron chi connectivity index (χ1n) is 4.00. The largest absolute Gasteiger partial charge is 0.507 e. The summed E-state index contributed by atoms with van der Waals surface area (Å²) < 4.78 is -1.74. The molecule has 0 heterocycles. The molecule has 88 valence electrons. The molecule has 1 atom stereocenters. The van der Waals surface area contributed by atoms with Crippen LogP contribution in [0.15, 0.2) is 18.2 Å². The number of carbonyl (C=O) groups is 1. The molecule has 0 radical (unpaired) electrons. The highest BCUT2D eigenvalue weighted by Gasteiger charge is 2.32. The quantitative estimate of drug-likeness (QED) is 0.818. The van der Waals surface area contributed by atoms with Crippen molar-refractivity contribution >= 4 is 52.4 Å². The van der Waals surface area contributed by atoms with E-state index < -0.39 is 20.9 Å². The van der Waals surface area contributed by atoms with Gasteiger partial charge in [0.05, 0.1) is 0 Å². The molecule has 0 aliphatic heterocycles. The van der Waals surface area contributed by atoms with Crippen LogP contribution in [-0.2, 0) is 0 Å². The van der Waals surface area contributed by atoms with Gasteiger partial charge < -0.3 is 10.2 Å². The summed E-state index contributed by atoms with van der Waals surface area (Å²) in [7, 11) is 0. The normalized spacial score (nSPS) is 13.5. The Kier molecular flexibility index (Phi) is 4.18. The second-order valence-electron chi connectivity index (χ2n) is 2.99. The second kappa shape index (κ2) is 4.88. The first-order valence-corrected chi connectivity index (χ1v) is 5.57. The molecular formula is C9H6Cl4O3. The number of phenols is 1. The molecule has 0 saturated carbocycles. The van der Waals surface area contributed by atoms with Crippen molar-refractivity contribution in [1.29, 1.82) is 0 Å². The van der Waals surface area contributed by atoms with E-state index in [4.69, 9.17) is 51.5 Å². The second-order valence-corrected chi connectivity index (χ2v) is 5.79. The van der Waals surface area contributed by atoms with Crippen molar-refractivity contribution in [3.05, 3.63) is 29.3 Å². The monoisotopic (exact) mass is 302 g/mol. The van der Waals surface area contributed by atoms with Gasteiger partial charge in [0.25, 0.3) is 0 Å². The first-order chi connectivity index (χ1) is 7.23. The number of hydrogen-bond acceptors (Lipinski definition) is 2. The molecule has 0 unspecified atom stereocenters. The summed E-state index contributed by atoms with van der Waals surface area (Å²) in [5.41, 5.74) is 0.0844. The Labute approximate surface area is 111 Å². The van der Waals surface area contributed by atoms with Gasteiger partial charge >= 0.3 is 5.97 Å². The minimum atomic E-state index is -1.74. The fourth-order valence-electron chi connectivity index (χ4n) is 1.08. The molecule has 0 fully saturated rings. The summed E-state index contributed by atoms with van der Waals surface area (Å²) >= 11 is 22.6. The number of carboxylic acid groups (broad SMARTS) is 1. The zero-order valence-corrected chi connectivity index (χ0v) is 10.6. The molecule has 0 bridgehead atoms. The molecular weight excluding hydrogens is 298 g/mol. The minimum absolute atomic E-state index is 0.239. The Hall–Kier alpha value is -0.350. The van der Waals surface area contributed by atoms with Crippen LogP contribution in [0.2, 0.25) is 0 Å². The molecule has 1 aromatic rings. The zero-order chi connectivity index (χ0) is 12.5. The zero-order valence-electron chi connectivity index (χ0n) is 7.62.